The van der Waals surface area contributed by atoms with Gasteiger partial charge < -0.3 is 33.8 Å². The van der Waals surface area contributed by atoms with Gasteiger partial charge in [-0.3, -0.25) is 37.3 Å². The molecule has 6 atom stereocenters. The summed E-state index contributed by atoms with van der Waals surface area (Å²) in [6.45, 7) is 11.9. The standard InChI is InChI=1S/C78H152O17P2/c1-8-10-11-12-13-14-15-16-17-18-19-20-23-32-40-47-54-61-77(82)94-73(65-88-75(80)59-52-45-38-31-24-21-22-28-35-42-49-56-69(3)4)67-92-96(84,85)90-63-72(79)64-91-97(86,87)93-68-74(66-89-76(81)60-53-46-39-34-27-29-36-43-50-57-70(5)6)95-78(83)62-55-48-41-33-26-25-30-37-44-51-58-71(7)9-2/h69-74,79H,8-68H2,1-7H3,(H,84,85)(H,86,87)/t71?,72-,73-,74-/m1/s1. The van der Waals surface area contributed by atoms with Gasteiger partial charge in [0.1, 0.15) is 19.3 Å². The molecule has 0 radical (unpaired) electrons. The number of carbonyl (C=O) groups excluding carboxylic acids is 4. The van der Waals surface area contributed by atoms with Crippen LogP contribution in [0.2, 0.25) is 0 Å². The van der Waals surface area contributed by atoms with E-state index in [0.29, 0.717) is 25.7 Å². The van der Waals surface area contributed by atoms with Gasteiger partial charge in [0.2, 0.25) is 0 Å². The van der Waals surface area contributed by atoms with Gasteiger partial charge >= 0.3 is 39.5 Å². The number of hydrogen-bond acceptors (Lipinski definition) is 15. The molecule has 0 aliphatic rings. The molecule has 0 spiro atoms. The van der Waals surface area contributed by atoms with Gasteiger partial charge in [0.25, 0.3) is 0 Å². The van der Waals surface area contributed by atoms with Crippen molar-refractivity contribution in [2.75, 3.05) is 39.6 Å². The van der Waals surface area contributed by atoms with Crippen molar-refractivity contribution in [3.63, 3.8) is 0 Å². The van der Waals surface area contributed by atoms with E-state index in [-0.39, 0.29) is 25.7 Å². The SMILES string of the molecule is CCCCCCCCCCCCCCCCCCCC(=O)O[C@H](COC(=O)CCCCCCCCCCCCCC(C)C)COP(=O)(O)OC[C@@H](O)COP(=O)(O)OC[C@@H](COC(=O)CCCCCCCCCCCC(C)C)OC(=O)CCCCCCCCCCCCC(C)CC. The number of rotatable bonds is 76. The first-order valence-corrected chi connectivity index (χ1v) is 43.4. The Morgan fingerprint density at radius 1 is 0.299 bits per heavy atom. The molecule has 576 valence electrons. The van der Waals surface area contributed by atoms with Crippen LogP contribution in [0.4, 0.5) is 0 Å². The molecule has 0 amide bonds. The number of aliphatic hydroxyl groups excluding tert-OH is 1. The van der Waals surface area contributed by atoms with Crippen LogP contribution in [-0.4, -0.2) is 96.7 Å². The van der Waals surface area contributed by atoms with Gasteiger partial charge in [-0.25, -0.2) is 9.13 Å². The smallest absolute Gasteiger partial charge is 0.462 e. The predicted octanol–water partition coefficient (Wildman–Crippen LogP) is 23.0. The molecular formula is C78H152O17P2. The molecule has 0 aromatic heterocycles. The Morgan fingerprint density at radius 3 is 0.784 bits per heavy atom. The van der Waals surface area contributed by atoms with Crippen LogP contribution in [0, 0.1) is 17.8 Å². The van der Waals surface area contributed by atoms with Crippen molar-refractivity contribution in [2.24, 2.45) is 17.8 Å². The van der Waals surface area contributed by atoms with Crippen molar-refractivity contribution in [3.8, 4) is 0 Å². The van der Waals surface area contributed by atoms with E-state index < -0.39 is 97.5 Å². The number of phosphoric acid groups is 2. The quantitative estimate of drug-likeness (QED) is 0.0222. The summed E-state index contributed by atoms with van der Waals surface area (Å²) in [6, 6.07) is 0. The summed E-state index contributed by atoms with van der Waals surface area (Å²) in [5.74, 6) is 0.204. The second kappa shape index (κ2) is 68.5. The van der Waals surface area contributed by atoms with Crippen molar-refractivity contribution >= 4 is 39.5 Å². The third-order valence-electron chi connectivity index (χ3n) is 18.5. The van der Waals surface area contributed by atoms with Crippen LogP contribution >= 0.6 is 15.6 Å². The summed E-state index contributed by atoms with van der Waals surface area (Å²) >= 11 is 0. The van der Waals surface area contributed by atoms with Crippen molar-refractivity contribution in [3.05, 3.63) is 0 Å². The lowest BCUT2D eigenvalue weighted by Crippen LogP contribution is -2.30. The number of esters is 4. The lowest BCUT2D eigenvalue weighted by atomic mass is 9.99. The molecule has 0 saturated heterocycles. The molecular weight excluding hydrogens is 1270 g/mol. The molecule has 19 heteroatoms. The fourth-order valence-electron chi connectivity index (χ4n) is 11.9. The Balaban J connectivity index is 5.27. The minimum atomic E-state index is -4.96. The van der Waals surface area contributed by atoms with Crippen LogP contribution in [0.3, 0.4) is 0 Å². The molecule has 0 aromatic rings. The maximum absolute atomic E-state index is 13.1. The first-order valence-electron chi connectivity index (χ1n) is 40.4. The molecule has 0 aromatic carbocycles. The number of hydrogen-bond donors (Lipinski definition) is 3. The minimum absolute atomic E-state index is 0.106. The summed E-state index contributed by atoms with van der Waals surface area (Å²) < 4.78 is 68.6. The third kappa shape index (κ3) is 70.9. The zero-order chi connectivity index (χ0) is 71.6. The Bertz CT molecular complexity index is 1890. The number of aliphatic hydroxyl groups is 1. The molecule has 17 nitrogen and oxygen atoms in total. The number of unbranched alkanes of at least 4 members (excludes halogenated alkanes) is 43. The second-order valence-electron chi connectivity index (χ2n) is 29.3. The van der Waals surface area contributed by atoms with Gasteiger partial charge in [-0.1, -0.05) is 350 Å². The normalized spacial score (nSPS) is 14.3. The van der Waals surface area contributed by atoms with E-state index in [0.717, 1.165) is 108 Å². The molecule has 97 heavy (non-hydrogen) atoms. The first kappa shape index (κ1) is 95.1. The van der Waals surface area contributed by atoms with E-state index in [1.54, 1.807) is 0 Å². The Labute approximate surface area is 594 Å². The Kier molecular flexibility index (Phi) is 67.1. The number of carbonyl (C=O) groups is 4. The molecule has 0 rings (SSSR count). The van der Waals surface area contributed by atoms with E-state index in [1.807, 2.05) is 0 Å². The van der Waals surface area contributed by atoms with Crippen LogP contribution in [-0.2, 0) is 65.4 Å². The highest BCUT2D eigenvalue weighted by Gasteiger charge is 2.30. The fourth-order valence-corrected chi connectivity index (χ4v) is 13.5. The summed E-state index contributed by atoms with van der Waals surface area (Å²) in [7, 11) is -9.92. The van der Waals surface area contributed by atoms with E-state index in [1.165, 1.54) is 212 Å². The summed E-state index contributed by atoms with van der Waals surface area (Å²) in [5, 5.41) is 10.6. The summed E-state index contributed by atoms with van der Waals surface area (Å²) in [6.07, 6.45) is 55.3. The van der Waals surface area contributed by atoms with Crippen LogP contribution in [0.15, 0.2) is 0 Å². The molecule has 3 unspecified atom stereocenters. The summed E-state index contributed by atoms with van der Waals surface area (Å²) in [5.41, 5.74) is 0. The highest BCUT2D eigenvalue weighted by Crippen LogP contribution is 2.45. The topological polar surface area (TPSA) is 237 Å². The van der Waals surface area contributed by atoms with Gasteiger partial charge in [0.15, 0.2) is 12.2 Å². The molecule has 0 aliphatic carbocycles. The van der Waals surface area contributed by atoms with Gasteiger partial charge in [-0.15, -0.1) is 0 Å². The summed E-state index contributed by atoms with van der Waals surface area (Å²) in [4.78, 5) is 72.9. The lowest BCUT2D eigenvalue weighted by Gasteiger charge is -2.21. The van der Waals surface area contributed by atoms with E-state index in [2.05, 4.69) is 48.5 Å². The maximum Gasteiger partial charge on any atom is 0.472 e. The Hall–Kier alpha value is -1.94. The van der Waals surface area contributed by atoms with Gasteiger partial charge in [0, 0.05) is 25.7 Å². The Morgan fingerprint density at radius 2 is 0.526 bits per heavy atom. The molecule has 0 saturated carbocycles. The minimum Gasteiger partial charge on any atom is -0.462 e. The average molecular weight is 1420 g/mol. The number of phosphoric ester groups is 2. The second-order valence-corrected chi connectivity index (χ2v) is 32.2. The van der Waals surface area contributed by atoms with Crippen LogP contribution in [0.1, 0.15) is 402 Å². The van der Waals surface area contributed by atoms with E-state index >= 15 is 0 Å². The maximum atomic E-state index is 13.1. The molecule has 0 aliphatic heterocycles. The van der Waals surface area contributed by atoms with Crippen molar-refractivity contribution < 1.29 is 80.2 Å². The highest BCUT2D eigenvalue weighted by molar-refractivity contribution is 7.47. The van der Waals surface area contributed by atoms with Crippen molar-refractivity contribution in [1.82, 2.24) is 0 Å². The van der Waals surface area contributed by atoms with Gasteiger partial charge in [-0.2, -0.15) is 0 Å². The zero-order valence-electron chi connectivity index (χ0n) is 63.5. The first-order chi connectivity index (χ1) is 46.8. The van der Waals surface area contributed by atoms with Crippen molar-refractivity contribution in [1.29, 1.82) is 0 Å². The lowest BCUT2D eigenvalue weighted by molar-refractivity contribution is -0.161. The van der Waals surface area contributed by atoms with Crippen LogP contribution < -0.4 is 0 Å². The van der Waals surface area contributed by atoms with Gasteiger partial charge in [-0.05, 0) is 43.4 Å². The number of ether oxygens (including phenoxy) is 4. The predicted molar refractivity (Wildman–Crippen MR) is 395 cm³/mol. The third-order valence-corrected chi connectivity index (χ3v) is 20.4. The van der Waals surface area contributed by atoms with Crippen LogP contribution in [0.5, 0.6) is 0 Å². The largest absolute Gasteiger partial charge is 0.472 e. The van der Waals surface area contributed by atoms with Crippen molar-refractivity contribution in [2.45, 2.75) is 420 Å². The molecule has 0 heterocycles. The average Bonchev–Trinajstić information content (AvgIpc) is 1.32. The van der Waals surface area contributed by atoms with E-state index in [4.69, 9.17) is 37.0 Å². The molecule has 3 N–H and O–H groups in total. The van der Waals surface area contributed by atoms with Gasteiger partial charge in [0.05, 0.1) is 26.4 Å². The molecule has 0 bridgehead atoms. The van der Waals surface area contributed by atoms with E-state index in [9.17, 15) is 43.2 Å². The fraction of sp³-hybridized carbons (Fsp3) is 0.949. The van der Waals surface area contributed by atoms with Crippen LogP contribution in [0.25, 0.3) is 0 Å². The monoisotopic (exact) mass is 1420 g/mol. The highest BCUT2D eigenvalue weighted by atomic mass is 31.2. The molecule has 0 fully saturated rings. The zero-order valence-corrected chi connectivity index (χ0v) is 65.3.